The number of nitriles is 1. The van der Waals surface area contributed by atoms with Crippen LogP contribution in [0.15, 0.2) is 83.7 Å². The van der Waals surface area contributed by atoms with Gasteiger partial charge in [0.25, 0.3) is 5.56 Å². The van der Waals surface area contributed by atoms with Crippen LogP contribution in [0.3, 0.4) is 0 Å². The quantitative estimate of drug-likeness (QED) is 0.348. The van der Waals surface area contributed by atoms with Crippen molar-refractivity contribution >= 4 is 39.7 Å². The Bertz CT molecular complexity index is 1740. The number of hydrogen-bond donors (Lipinski definition) is 1. The molecule has 0 saturated heterocycles. The highest BCUT2D eigenvalue weighted by atomic mass is 16.5. The molecule has 7 heteroatoms. The summed E-state index contributed by atoms with van der Waals surface area (Å²) in [6.45, 7) is 0. The Hall–Kier alpha value is -5.22. The Morgan fingerprint density at radius 3 is 2.14 bits per heavy atom. The molecule has 0 aliphatic rings. The van der Waals surface area contributed by atoms with Crippen molar-refractivity contribution in [2.75, 3.05) is 7.11 Å². The molecule has 0 radical (unpaired) electrons. The fourth-order valence-electron chi connectivity index (χ4n) is 4.33. The van der Waals surface area contributed by atoms with Gasteiger partial charge in [0.05, 0.1) is 7.11 Å². The minimum atomic E-state index is -1.36. The molecule has 36 heavy (non-hydrogen) atoms. The van der Waals surface area contributed by atoms with Gasteiger partial charge in [0, 0.05) is 5.56 Å². The number of aromatic nitrogens is 2. The van der Waals surface area contributed by atoms with Crippen LogP contribution in [0.25, 0.3) is 39.4 Å². The van der Waals surface area contributed by atoms with Gasteiger partial charge in [-0.3, -0.25) is 4.79 Å². The number of hydrogen-bond acceptors (Lipinski definition) is 5. The van der Waals surface area contributed by atoms with Crippen LogP contribution in [0.2, 0.25) is 0 Å². The summed E-state index contributed by atoms with van der Waals surface area (Å²) in [6, 6.07) is 26.2. The van der Waals surface area contributed by atoms with E-state index in [0.717, 1.165) is 31.8 Å². The first-order valence-corrected chi connectivity index (χ1v) is 11.1. The zero-order valence-corrected chi connectivity index (χ0v) is 19.2. The van der Waals surface area contributed by atoms with Gasteiger partial charge in [-0.05, 0) is 45.3 Å². The molecule has 174 valence electrons. The van der Waals surface area contributed by atoms with Crippen LogP contribution in [0.5, 0.6) is 5.75 Å². The summed E-state index contributed by atoms with van der Waals surface area (Å²) >= 11 is 0. The summed E-state index contributed by atoms with van der Waals surface area (Å²) in [7, 11) is 1.43. The first kappa shape index (κ1) is 22.6. The molecular formula is C29H19N3O4. The fraction of sp³-hybridized carbons (Fsp3) is 0.0345. The monoisotopic (exact) mass is 473 g/mol. The van der Waals surface area contributed by atoms with E-state index in [9.17, 15) is 20.0 Å². The van der Waals surface area contributed by atoms with Crippen molar-refractivity contribution in [2.24, 2.45) is 0 Å². The molecule has 0 unspecified atom stereocenters. The molecule has 0 aliphatic carbocycles. The lowest BCUT2D eigenvalue weighted by molar-refractivity contribution is 0.0688. The topological polar surface area (TPSA) is 105 Å². The number of ether oxygens (including phenoxy) is 1. The molecule has 1 aromatic heterocycles. The number of aromatic carboxylic acids is 1. The molecule has 7 nitrogen and oxygen atoms in total. The number of carbonyl (C=O) groups is 1. The van der Waals surface area contributed by atoms with Gasteiger partial charge >= 0.3 is 5.97 Å². The highest BCUT2D eigenvalue weighted by Gasteiger charge is 2.22. The van der Waals surface area contributed by atoms with Crippen LogP contribution >= 0.6 is 0 Å². The molecule has 5 aromatic rings. The standard InChI is InChI=1S/C29H19N3O4/c1-36-26-13-7-6-12-25(26)32-28(33)24(17-30)23(27(31-32)29(34)35)15-14-22-20-10-4-2-8-18(20)16-19-9-3-5-11-21(19)22/h2-16H,1H3,(H,34,35)/b15-14-. The van der Waals surface area contributed by atoms with Crippen molar-refractivity contribution in [1.29, 1.82) is 5.26 Å². The second-order valence-electron chi connectivity index (χ2n) is 8.01. The molecule has 0 bridgehead atoms. The Morgan fingerprint density at radius 2 is 1.53 bits per heavy atom. The highest BCUT2D eigenvalue weighted by Crippen LogP contribution is 2.30. The van der Waals surface area contributed by atoms with Crippen molar-refractivity contribution in [3.05, 3.63) is 112 Å². The van der Waals surface area contributed by atoms with Gasteiger partial charge < -0.3 is 9.84 Å². The lowest BCUT2D eigenvalue weighted by atomic mass is 9.95. The first-order chi connectivity index (χ1) is 17.5. The molecular weight excluding hydrogens is 454 g/mol. The maximum Gasteiger partial charge on any atom is 0.357 e. The van der Waals surface area contributed by atoms with Crippen molar-refractivity contribution in [2.45, 2.75) is 0 Å². The number of methoxy groups -OCH3 is 1. The second kappa shape index (κ2) is 9.20. The third-order valence-corrected chi connectivity index (χ3v) is 5.99. The summed E-state index contributed by atoms with van der Waals surface area (Å²) in [6.07, 6.45) is 3.22. The van der Waals surface area contributed by atoms with Crippen LogP contribution in [0.1, 0.15) is 27.2 Å². The molecule has 1 heterocycles. The SMILES string of the molecule is COc1ccccc1-n1nc(C(=O)O)c(/C=C\c2c3ccccc3cc3ccccc23)c(C#N)c1=O. The fourth-order valence-corrected chi connectivity index (χ4v) is 4.33. The van der Waals surface area contributed by atoms with Crippen LogP contribution in [0.4, 0.5) is 0 Å². The number of carboxylic acids is 1. The number of benzene rings is 4. The van der Waals surface area contributed by atoms with Gasteiger partial charge in [-0.25, -0.2) is 4.79 Å². The second-order valence-corrected chi connectivity index (χ2v) is 8.01. The molecule has 0 amide bonds. The smallest absolute Gasteiger partial charge is 0.357 e. The van der Waals surface area contributed by atoms with Gasteiger partial charge in [0.15, 0.2) is 5.69 Å². The van der Waals surface area contributed by atoms with Crippen LogP contribution in [0, 0.1) is 11.3 Å². The molecule has 0 spiro atoms. The van der Waals surface area contributed by atoms with E-state index in [0.29, 0.717) is 5.75 Å². The Kier molecular flexibility index (Phi) is 5.77. The molecule has 0 saturated carbocycles. The Labute approximate surface area is 205 Å². The van der Waals surface area contributed by atoms with E-state index in [1.165, 1.54) is 13.2 Å². The minimum Gasteiger partial charge on any atom is -0.494 e. The van der Waals surface area contributed by atoms with Crippen LogP contribution in [-0.4, -0.2) is 28.0 Å². The average molecular weight is 473 g/mol. The number of nitrogens with zero attached hydrogens (tertiary/aromatic N) is 3. The maximum atomic E-state index is 13.3. The summed E-state index contributed by atoms with van der Waals surface area (Å²) in [5.74, 6) is -1.05. The van der Waals surface area contributed by atoms with Gasteiger partial charge in [0.1, 0.15) is 23.1 Å². The van der Waals surface area contributed by atoms with Gasteiger partial charge in [0.2, 0.25) is 0 Å². The number of para-hydroxylation sites is 2. The van der Waals surface area contributed by atoms with Gasteiger partial charge in [-0.2, -0.15) is 15.0 Å². The molecule has 0 aliphatic heterocycles. The lowest BCUT2D eigenvalue weighted by Crippen LogP contribution is -2.28. The predicted octanol–water partition coefficient (Wildman–Crippen LogP) is 5.29. The van der Waals surface area contributed by atoms with Crippen molar-refractivity contribution < 1.29 is 14.6 Å². The molecule has 5 rings (SSSR count). The van der Waals surface area contributed by atoms with Crippen molar-refractivity contribution in [1.82, 2.24) is 9.78 Å². The van der Waals surface area contributed by atoms with E-state index >= 15 is 0 Å². The third kappa shape index (κ3) is 3.77. The van der Waals surface area contributed by atoms with Crippen LogP contribution in [-0.2, 0) is 0 Å². The molecule has 1 N–H and O–H groups in total. The normalized spacial score (nSPS) is 11.1. The lowest BCUT2D eigenvalue weighted by Gasteiger charge is -2.13. The summed E-state index contributed by atoms with van der Waals surface area (Å²) in [4.78, 5) is 25.5. The third-order valence-electron chi connectivity index (χ3n) is 5.99. The Balaban J connectivity index is 1.78. The largest absolute Gasteiger partial charge is 0.494 e. The molecule has 4 aromatic carbocycles. The summed E-state index contributed by atoms with van der Waals surface area (Å²) in [5, 5.41) is 27.9. The summed E-state index contributed by atoms with van der Waals surface area (Å²) in [5.41, 5.74) is -0.461. The van der Waals surface area contributed by atoms with E-state index in [1.54, 1.807) is 30.3 Å². The van der Waals surface area contributed by atoms with Gasteiger partial charge in [-0.15, -0.1) is 0 Å². The number of fused-ring (bicyclic) bond motifs is 2. The molecule has 0 atom stereocenters. The van der Waals surface area contributed by atoms with E-state index in [-0.39, 0.29) is 16.8 Å². The van der Waals surface area contributed by atoms with Crippen molar-refractivity contribution in [3.8, 4) is 17.5 Å². The van der Waals surface area contributed by atoms with Gasteiger partial charge in [-0.1, -0.05) is 72.8 Å². The highest BCUT2D eigenvalue weighted by molar-refractivity contribution is 6.08. The van der Waals surface area contributed by atoms with Crippen molar-refractivity contribution in [3.63, 3.8) is 0 Å². The maximum absolute atomic E-state index is 13.3. The number of rotatable bonds is 5. The zero-order valence-electron chi connectivity index (χ0n) is 19.2. The summed E-state index contributed by atoms with van der Waals surface area (Å²) < 4.78 is 6.20. The number of carboxylic acid groups (broad SMARTS) is 1. The average Bonchev–Trinajstić information content (AvgIpc) is 2.90. The zero-order chi connectivity index (χ0) is 25.2. The first-order valence-electron chi connectivity index (χ1n) is 11.1. The van der Waals surface area contributed by atoms with E-state index in [1.807, 2.05) is 54.6 Å². The molecule has 0 fully saturated rings. The van der Waals surface area contributed by atoms with Crippen LogP contribution < -0.4 is 10.3 Å². The van der Waals surface area contributed by atoms with E-state index in [2.05, 4.69) is 11.2 Å². The predicted molar refractivity (Wildman–Crippen MR) is 138 cm³/mol. The van der Waals surface area contributed by atoms with E-state index < -0.39 is 17.2 Å². The Morgan fingerprint density at radius 1 is 0.944 bits per heavy atom. The minimum absolute atomic E-state index is 0.0573. The van der Waals surface area contributed by atoms with E-state index in [4.69, 9.17) is 4.74 Å².